The zero-order chi connectivity index (χ0) is 19.0. The van der Waals surface area contributed by atoms with Crippen LogP contribution in [0.25, 0.3) is 21.8 Å². The van der Waals surface area contributed by atoms with Gasteiger partial charge in [0.05, 0.1) is 5.69 Å². The Balaban J connectivity index is 1.75. The summed E-state index contributed by atoms with van der Waals surface area (Å²) in [6.45, 7) is 6.27. The van der Waals surface area contributed by atoms with E-state index in [4.69, 9.17) is 4.98 Å². The zero-order valence-corrected chi connectivity index (χ0v) is 16.7. The van der Waals surface area contributed by atoms with E-state index >= 15 is 0 Å². The van der Waals surface area contributed by atoms with Gasteiger partial charge in [0.25, 0.3) is 0 Å². The molecule has 5 heteroatoms. The number of nitrogens with zero attached hydrogens (tertiary/aromatic N) is 3. The maximum Gasteiger partial charge on any atom is 0.227 e. The highest BCUT2D eigenvalue weighted by atomic mass is 32.1. The van der Waals surface area contributed by atoms with Crippen molar-refractivity contribution in [3.05, 3.63) is 53.2 Å². The number of aryl methyl sites for hydroxylation is 2. The van der Waals surface area contributed by atoms with Crippen LogP contribution in [0.4, 0.5) is 5.69 Å². The fourth-order valence-corrected chi connectivity index (χ4v) is 4.64. The number of fused-ring (bicyclic) bond motifs is 1. The highest BCUT2D eigenvalue weighted by Crippen LogP contribution is 2.36. The Morgan fingerprint density at radius 1 is 1.07 bits per heavy atom. The molecule has 1 aromatic carbocycles. The summed E-state index contributed by atoms with van der Waals surface area (Å²) in [5.41, 5.74) is 5.54. The maximum absolute atomic E-state index is 12.5. The second-order valence-electron chi connectivity index (χ2n) is 7.21. The van der Waals surface area contributed by atoms with Crippen molar-refractivity contribution >= 4 is 22.9 Å². The zero-order valence-electron chi connectivity index (χ0n) is 15.9. The van der Waals surface area contributed by atoms with Crippen LogP contribution in [0.5, 0.6) is 0 Å². The minimum Gasteiger partial charge on any atom is -0.310 e. The molecule has 0 atom stereocenters. The summed E-state index contributed by atoms with van der Waals surface area (Å²) < 4.78 is 0. The molecule has 0 saturated heterocycles. The number of pyridine rings is 1. The van der Waals surface area contributed by atoms with Gasteiger partial charge in [0.15, 0.2) is 0 Å². The van der Waals surface area contributed by atoms with Crippen LogP contribution in [0.1, 0.15) is 37.1 Å². The summed E-state index contributed by atoms with van der Waals surface area (Å²) in [6, 6.07) is 10.6. The predicted molar refractivity (Wildman–Crippen MR) is 111 cm³/mol. The van der Waals surface area contributed by atoms with Crippen molar-refractivity contribution in [2.45, 2.75) is 46.1 Å². The molecule has 2 aromatic heterocycles. The lowest BCUT2D eigenvalue weighted by Crippen LogP contribution is -2.36. The third-order valence-corrected chi connectivity index (χ3v) is 5.98. The number of hydrogen-bond acceptors (Lipinski definition) is 4. The molecular weight excluding hydrogens is 354 g/mol. The molecule has 27 heavy (non-hydrogen) atoms. The van der Waals surface area contributed by atoms with Crippen LogP contribution < -0.4 is 4.90 Å². The quantitative estimate of drug-likeness (QED) is 0.625. The van der Waals surface area contributed by atoms with Crippen molar-refractivity contribution < 1.29 is 4.79 Å². The Hall–Kier alpha value is -2.53. The Kier molecular flexibility index (Phi) is 4.79. The number of hydrogen-bond donors (Lipinski definition) is 0. The van der Waals surface area contributed by atoms with Gasteiger partial charge in [-0.3, -0.25) is 9.78 Å². The van der Waals surface area contributed by atoms with Gasteiger partial charge in [0.2, 0.25) is 5.91 Å². The molecule has 1 amide bonds. The summed E-state index contributed by atoms with van der Waals surface area (Å²) >= 11 is 1.71. The first-order valence-corrected chi connectivity index (χ1v) is 10.2. The summed E-state index contributed by atoms with van der Waals surface area (Å²) in [6.07, 6.45) is 6.04. The number of thiazole rings is 1. The standard InChI is InChI=1S/C22H23N3OS/c1-14(2)25-19-8-7-18(13-17(19)5-4-6-20(25)26)21-15(3)27-22(24-21)16-9-11-23-12-10-16/h7-14H,4-6H2,1-3H3. The topological polar surface area (TPSA) is 46.1 Å². The number of anilines is 1. The number of carbonyl (C=O) groups is 1. The number of rotatable bonds is 3. The summed E-state index contributed by atoms with van der Waals surface area (Å²) in [5, 5.41) is 1.01. The van der Waals surface area contributed by atoms with E-state index in [-0.39, 0.29) is 11.9 Å². The first-order chi connectivity index (χ1) is 13.0. The van der Waals surface area contributed by atoms with Gasteiger partial charge >= 0.3 is 0 Å². The minimum absolute atomic E-state index is 0.166. The van der Waals surface area contributed by atoms with Crippen molar-refractivity contribution in [1.29, 1.82) is 0 Å². The van der Waals surface area contributed by atoms with E-state index in [9.17, 15) is 4.79 Å². The molecule has 4 rings (SSSR count). The van der Waals surface area contributed by atoms with E-state index in [1.54, 1.807) is 23.7 Å². The van der Waals surface area contributed by atoms with Gasteiger partial charge in [-0.05, 0) is 63.4 Å². The number of carbonyl (C=O) groups excluding carboxylic acids is 1. The molecule has 138 valence electrons. The normalized spacial score (nSPS) is 14.4. The molecule has 0 N–H and O–H groups in total. The molecule has 3 aromatic rings. The van der Waals surface area contributed by atoms with E-state index in [1.807, 2.05) is 17.0 Å². The average molecular weight is 378 g/mol. The SMILES string of the molecule is Cc1sc(-c2ccncc2)nc1-c1ccc2c(c1)CCCC(=O)N2C(C)C. The smallest absolute Gasteiger partial charge is 0.227 e. The van der Waals surface area contributed by atoms with Crippen LogP contribution >= 0.6 is 11.3 Å². The molecule has 0 saturated carbocycles. The van der Waals surface area contributed by atoms with E-state index in [1.165, 1.54) is 10.4 Å². The maximum atomic E-state index is 12.5. The fraction of sp³-hybridized carbons (Fsp3) is 0.318. The Morgan fingerprint density at radius 3 is 2.59 bits per heavy atom. The van der Waals surface area contributed by atoms with E-state index < -0.39 is 0 Å². The molecule has 0 fully saturated rings. The molecule has 0 unspecified atom stereocenters. The number of benzene rings is 1. The molecule has 3 heterocycles. The van der Waals surface area contributed by atoms with Crippen LogP contribution in [0.3, 0.4) is 0 Å². The molecule has 1 aliphatic rings. The Bertz CT molecular complexity index is 978. The van der Waals surface area contributed by atoms with Crippen molar-refractivity contribution in [1.82, 2.24) is 9.97 Å². The Morgan fingerprint density at radius 2 is 1.85 bits per heavy atom. The third kappa shape index (κ3) is 3.39. The first kappa shape index (κ1) is 17.9. The van der Waals surface area contributed by atoms with Crippen LogP contribution in [0.2, 0.25) is 0 Å². The van der Waals surface area contributed by atoms with Crippen molar-refractivity contribution in [3.8, 4) is 21.8 Å². The number of aromatic nitrogens is 2. The van der Waals surface area contributed by atoms with Gasteiger partial charge in [-0.2, -0.15) is 0 Å². The van der Waals surface area contributed by atoms with Crippen molar-refractivity contribution in [2.75, 3.05) is 4.90 Å². The molecule has 1 aliphatic heterocycles. The molecule has 0 spiro atoms. The van der Waals surface area contributed by atoms with Gasteiger partial charge in [-0.15, -0.1) is 11.3 Å². The van der Waals surface area contributed by atoms with E-state index in [0.717, 1.165) is 40.4 Å². The van der Waals surface area contributed by atoms with Crippen molar-refractivity contribution in [3.63, 3.8) is 0 Å². The summed E-state index contributed by atoms with van der Waals surface area (Å²) in [5.74, 6) is 0.223. The highest BCUT2D eigenvalue weighted by Gasteiger charge is 2.25. The summed E-state index contributed by atoms with van der Waals surface area (Å²) in [7, 11) is 0. The van der Waals surface area contributed by atoms with Gasteiger partial charge in [0, 0.05) is 46.5 Å². The Labute approximate surface area is 163 Å². The van der Waals surface area contributed by atoms with Crippen molar-refractivity contribution in [2.24, 2.45) is 0 Å². The second-order valence-corrected chi connectivity index (χ2v) is 8.42. The molecule has 0 aliphatic carbocycles. The molecule has 0 bridgehead atoms. The lowest BCUT2D eigenvalue weighted by atomic mass is 10.0. The first-order valence-electron chi connectivity index (χ1n) is 9.38. The summed E-state index contributed by atoms with van der Waals surface area (Å²) in [4.78, 5) is 24.6. The molecular formula is C22H23N3OS. The monoisotopic (exact) mass is 377 g/mol. The van der Waals surface area contributed by atoms with E-state index in [0.29, 0.717) is 6.42 Å². The van der Waals surface area contributed by atoms with Crippen LogP contribution in [0, 0.1) is 6.92 Å². The lowest BCUT2D eigenvalue weighted by Gasteiger charge is -2.27. The predicted octanol–water partition coefficient (Wildman–Crippen LogP) is 5.26. The molecule has 0 radical (unpaired) electrons. The largest absolute Gasteiger partial charge is 0.310 e. The van der Waals surface area contributed by atoms with E-state index in [2.05, 4.69) is 44.0 Å². The highest BCUT2D eigenvalue weighted by molar-refractivity contribution is 7.15. The van der Waals surface area contributed by atoms with Gasteiger partial charge in [-0.1, -0.05) is 6.07 Å². The van der Waals surface area contributed by atoms with Gasteiger partial charge < -0.3 is 4.90 Å². The fourth-order valence-electron chi connectivity index (χ4n) is 3.70. The van der Waals surface area contributed by atoms with Crippen LogP contribution in [-0.4, -0.2) is 21.9 Å². The average Bonchev–Trinajstić information content (AvgIpc) is 2.96. The van der Waals surface area contributed by atoms with Gasteiger partial charge in [-0.25, -0.2) is 4.98 Å². The minimum atomic E-state index is 0.166. The van der Waals surface area contributed by atoms with Gasteiger partial charge in [0.1, 0.15) is 5.01 Å². The third-order valence-electron chi connectivity index (χ3n) is 4.96. The van der Waals surface area contributed by atoms with Crippen LogP contribution in [-0.2, 0) is 11.2 Å². The number of amides is 1. The molecule has 4 nitrogen and oxygen atoms in total. The van der Waals surface area contributed by atoms with Crippen LogP contribution in [0.15, 0.2) is 42.7 Å². The lowest BCUT2D eigenvalue weighted by molar-refractivity contribution is -0.118. The second kappa shape index (κ2) is 7.24.